The minimum absolute atomic E-state index is 0.0215. The van der Waals surface area contributed by atoms with Crippen LogP contribution in [0.4, 0.5) is 15.8 Å². The quantitative estimate of drug-likeness (QED) is 0.792. The third-order valence-corrected chi connectivity index (χ3v) is 3.71. The van der Waals surface area contributed by atoms with Crippen molar-refractivity contribution >= 4 is 27.3 Å². The van der Waals surface area contributed by atoms with Gasteiger partial charge in [0.15, 0.2) is 0 Å². The van der Waals surface area contributed by atoms with Crippen LogP contribution in [0.25, 0.3) is 0 Å². The molecule has 1 aromatic carbocycles. The molecule has 0 saturated carbocycles. The molecule has 102 valence electrons. The van der Waals surface area contributed by atoms with Crippen LogP contribution in [0.1, 0.15) is 26.7 Å². The summed E-state index contributed by atoms with van der Waals surface area (Å²) in [4.78, 5) is 1.98. The van der Waals surface area contributed by atoms with Gasteiger partial charge >= 0.3 is 0 Å². The molecule has 0 amide bonds. The van der Waals surface area contributed by atoms with E-state index in [9.17, 15) is 4.39 Å². The molecule has 0 atom stereocenters. The first-order valence-electron chi connectivity index (χ1n) is 6.17. The van der Waals surface area contributed by atoms with Gasteiger partial charge in [-0.05, 0) is 34.8 Å². The maximum Gasteiger partial charge on any atom is 0.139 e. The number of aliphatic hydroxyl groups is 1. The Bertz CT molecular complexity index is 397. The lowest BCUT2D eigenvalue weighted by molar-refractivity contribution is 0.296. The van der Waals surface area contributed by atoms with Crippen LogP contribution in [0.5, 0.6) is 0 Å². The smallest absolute Gasteiger partial charge is 0.139 e. The summed E-state index contributed by atoms with van der Waals surface area (Å²) in [6.45, 7) is 4.62. The third kappa shape index (κ3) is 3.36. The number of hydrogen-bond donors (Lipinski definition) is 2. The maximum atomic E-state index is 13.6. The van der Waals surface area contributed by atoms with Crippen LogP contribution in [0.2, 0.25) is 0 Å². The Morgan fingerprint density at radius 2 is 2.00 bits per heavy atom. The average Bonchev–Trinajstić information content (AvgIpc) is 2.34. The van der Waals surface area contributed by atoms with Gasteiger partial charge in [0.25, 0.3) is 0 Å². The van der Waals surface area contributed by atoms with Crippen molar-refractivity contribution in [2.45, 2.75) is 32.7 Å². The second-order valence-corrected chi connectivity index (χ2v) is 5.07. The predicted molar refractivity (Wildman–Crippen MR) is 77.3 cm³/mol. The van der Waals surface area contributed by atoms with Crippen LogP contribution in [0.3, 0.4) is 0 Å². The molecule has 0 saturated heterocycles. The summed E-state index contributed by atoms with van der Waals surface area (Å²) >= 11 is 3.12. The fourth-order valence-electron chi connectivity index (χ4n) is 2.14. The highest BCUT2D eigenvalue weighted by molar-refractivity contribution is 9.10. The summed E-state index contributed by atoms with van der Waals surface area (Å²) in [5, 5.41) is 9.17. The number of nitrogens with zero attached hydrogens (tertiary/aromatic N) is 1. The molecule has 1 rings (SSSR count). The highest BCUT2D eigenvalue weighted by Crippen LogP contribution is 2.31. The Morgan fingerprint density at radius 3 is 2.50 bits per heavy atom. The van der Waals surface area contributed by atoms with Crippen molar-refractivity contribution in [2.75, 3.05) is 23.8 Å². The highest BCUT2D eigenvalue weighted by Gasteiger charge is 2.19. The number of rotatable bonds is 6. The van der Waals surface area contributed by atoms with Crippen molar-refractivity contribution in [3.05, 3.63) is 22.4 Å². The lowest BCUT2D eigenvalue weighted by Gasteiger charge is -2.33. The van der Waals surface area contributed by atoms with E-state index in [1.165, 1.54) is 6.07 Å². The Hall–Kier alpha value is -0.810. The number of nitrogens with two attached hydrogens (primary N) is 1. The van der Waals surface area contributed by atoms with Crippen LogP contribution in [0, 0.1) is 5.82 Å². The Morgan fingerprint density at radius 1 is 1.39 bits per heavy atom. The molecule has 3 nitrogen and oxygen atoms in total. The molecule has 0 unspecified atom stereocenters. The van der Waals surface area contributed by atoms with E-state index in [1.54, 1.807) is 6.07 Å². The van der Waals surface area contributed by atoms with Crippen molar-refractivity contribution in [3.63, 3.8) is 0 Å². The molecule has 0 bridgehead atoms. The van der Waals surface area contributed by atoms with Crippen molar-refractivity contribution in [2.24, 2.45) is 0 Å². The zero-order valence-electron chi connectivity index (χ0n) is 10.8. The van der Waals surface area contributed by atoms with Crippen LogP contribution in [0.15, 0.2) is 16.6 Å². The summed E-state index contributed by atoms with van der Waals surface area (Å²) in [6.07, 6.45) is 1.85. The summed E-state index contributed by atoms with van der Waals surface area (Å²) in [5.74, 6) is -0.340. The summed E-state index contributed by atoms with van der Waals surface area (Å²) in [5.41, 5.74) is 7.12. The second-order valence-electron chi connectivity index (χ2n) is 4.21. The first-order valence-corrected chi connectivity index (χ1v) is 6.96. The number of hydrogen-bond acceptors (Lipinski definition) is 3. The molecule has 5 heteroatoms. The monoisotopic (exact) mass is 318 g/mol. The Labute approximate surface area is 116 Å². The van der Waals surface area contributed by atoms with Crippen molar-refractivity contribution in [1.29, 1.82) is 0 Å². The first kappa shape index (κ1) is 15.2. The minimum Gasteiger partial charge on any atom is -0.397 e. The van der Waals surface area contributed by atoms with E-state index in [0.717, 1.165) is 12.8 Å². The fraction of sp³-hybridized carbons (Fsp3) is 0.538. The molecule has 0 spiro atoms. The molecule has 0 heterocycles. The van der Waals surface area contributed by atoms with E-state index in [-0.39, 0.29) is 18.5 Å². The molecule has 0 aromatic heterocycles. The summed E-state index contributed by atoms with van der Waals surface area (Å²) in [7, 11) is 0. The van der Waals surface area contributed by atoms with E-state index in [1.807, 2.05) is 4.90 Å². The third-order valence-electron chi connectivity index (χ3n) is 3.10. The van der Waals surface area contributed by atoms with Crippen LogP contribution < -0.4 is 10.6 Å². The van der Waals surface area contributed by atoms with Crippen LogP contribution in [-0.4, -0.2) is 24.3 Å². The number of halogens is 2. The summed E-state index contributed by atoms with van der Waals surface area (Å²) < 4.78 is 14.0. The fourth-order valence-corrected chi connectivity index (χ4v) is 2.50. The number of benzene rings is 1. The topological polar surface area (TPSA) is 49.5 Å². The number of anilines is 2. The standard InChI is InChI=1S/C13H20BrFN2O/c1-3-9(4-2)17(5-6-18)13-8-11(15)10(14)7-12(13)16/h7-9,18H,3-6,16H2,1-2H3. The van der Waals surface area contributed by atoms with Gasteiger partial charge in [0.1, 0.15) is 5.82 Å². The van der Waals surface area contributed by atoms with Gasteiger partial charge in [-0.3, -0.25) is 0 Å². The molecule has 0 radical (unpaired) electrons. The largest absolute Gasteiger partial charge is 0.397 e. The second kappa shape index (κ2) is 6.95. The Kier molecular flexibility index (Phi) is 5.88. The molecule has 3 N–H and O–H groups in total. The lowest BCUT2D eigenvalue weighted by Crippen LogP contribution is -2.37. The van der Waals surface area contributed by atoms with E-state index in [4.69, 9.17) is 10.8 Å². The van der Waals surface area contributed by atoms with E-state index in [0.29, 0.717) is 22.4 Å². The van der Waals surface area contributed by atoms with E-state index < -0.39 is 0 Å². The zero-order chi connectivity index (χ0) is 13.7. The van der Waals surface area contributed by atoms with Gasteiger partial charge in [-0.25, -0.2) is 4.39 Å². The van der Waals surface area contributed by atoms with Gasteiger partial charge < -0.3 is 15.7 Å². The van der Waals surface area contributed by atoms with Gasteiger partial charge in [0, 0.05) is 18.7 Å². The molecule has 0 aliphatic carbocycles. The maximum absolute atomic E-state index is 13.6. The van der Waals surface area contributed by atoms with Crippen LogP contribution >= 0.6 is 15.9 Å². The zero-order valence-corrected chi connectivity index (χ0v) is 12.4. The van der Waals surface area contributed by atoms with Crippen molar-refractivity contribution in [1.82, 2.24) is 0 Å². The lowest BCUT2D eigenvalue weighted by atomic mass is 10.1. The highest BCUT2D eigenvalue weighted by atomic mass is 79.9. The van der Waals surface area contributed by atoms with Gasteiger partial charge in [-0.15, -0.1) is 0 Å². The van der Waals surface area contributed by atoms with Crippen LogP contribution in [-0.2, 0) is 0 Å². The number of nitrogen functional groups attached to an aromatic ring is 1. The number of aliphatic hydroxyl groups excluding tert-OH is 1. The minimum atomic E-state index is -0.340. The van der Waals surface area contributed by atoms with Gasteiger partial charge in [-0.2, -0.15) is 0 Å². The average molecular weight is 319 g/mol. The van der Waals surface area contributed by atoms with Crippen molar-refractivity contribution < 1.29 is 9.50 Å². The van der Waals surface area contributed by atoms with Gasteiger partial charge in [-0.1, -0.05) is 13.8 Å². The van der Waals surface area contributed by atoms with E-state index >= 15 is 0 Å². The molecule has 18 heavy (non-hydrogen) atoms. The van der Waals surface area contributed by atoms with E-state index in [2.05, 4.69) is 29.8 Å². The molecule has 0 fully saturated rings. The predicted octanol–water partition coefficient (Wildman–Crippen LogP) is 3.16. The molecular weight excluding hydrogens is 299 g/mol. The Balaban J connectivity index is 3.16. The van der Waals surface area contributed by atoms with Crippen molar-refractivity contribution in [3.8, 4) is 0 Å². The normalized spacial score (nSPS) is 11.0. The molecule has 0 aliphatic heterocycles. The summed E-state index contributed by atoms with van der Waals surface area (Å²) in [6, 6.07) is 3.24. The molecule has 1 aromatic rings. The first-order chi connectivity index (χ1) is 8.54. The molecule has 0 aliphatic rings. The van der Waals surface area contributed by atoms with Gasteiger partial charge in [0.05, 0.1) is 22.5 Å². The SMILES string of the molecule is CCC(CC)N(CCO)c1cc(F)c(Br)cc1N. The van der Waals surface area contributed by atoms with Gasteiger partial charge in [0.2, 0.25) is 0 Å². The molecular formula is C13H20BrFN2O.